The first-order chi connectivity index (χ1) is 32.5. The largest absolute Gasteiger partial charge is 0.308 e. The summed E-state index contributed by atoms with van der Waals surface area (Å²) in [6.45, 7) is 0. The Morgan fingerprint density at radius 3 is 1.26 bits per heavy atom. The van der Waals surface area contributed by atoms with Crippen molar-refractivity contribution in [1.29, 1.82) is 26.3 Å². The maximum absolute atomic E-state index is 11.7. The molecule has 302 valence electrons. The number of hydrogen-bond donors (Lipinski definition) is 0. The Morgan fingerprint density at radius 1 is 0.333 bits per heavy atom. The van der Waals surface area contributed by atoms with Gasteiger partial charge in [0, 0.05) is 38.9 Å². The van der Waals surface area contributed by atoms with Crippen LogP contribution in [0.2, 0.25) is 0 Å². The molecule has 11 rings (SSSR count). The number of hydrogen-bond acceptors (Lipinski definition) is 6. The molecule has 0 aliphatic carbocycles. The Bertz CT molecular complexity index is 3780. The highest BCUT2D eigenvalue weighted by atomic mass is 15.0. The van der Waals surface area contributed by atoms with Gasteiger partial charge in [0.05, 0.1) is 85.7 Å². The van der Waals surface area contributed by atoms with Gasteiger partial charge in [0.1, 0.15) is 11.6 Å². The minimum absolute atomic E-state index is 0.386. The van der Waals surface area contributed by atoms with Crippen LogP contribution in [-0.4, -0.2) is 14.1 Å². The summed E-state index contributed by atoms with van der Waals surface area (Å²) in [4.78, 5) is 4.93. The molecule has 8 aromatic carbocycles. The number of fused-ring (bicyclic) bond motifs is 6. The number of para-hydroxylation sites is 2. The van der Waals surface area contributed by atoms with E-state index in [2.05, 4.69) is 106 Å². The van der Waals surface area contributed by atoms with Gasteiger partial charge >= 0.3 is 0 Å². The van der Waals surface area contributed by atoms with E-state index in [0.717, 1.165) is 88.2 Å². The first-order valence-electron chi connectivity index (χ1n) is 21.1. The van der Waals surface area contributed by atoms with Crippen LogP contribution in [0, 0.1) is 56.7 Å². The summed E-state index contributed by atoms with van der Waals surface area (Å²) in [6, 6.07) is 68.5. The van der Waals surface area contributed by atoms with Crippen LogP contribution in [-0.2, 0) is 0 Å². The maximum atomic E-state index is 11.7. The Kier molecular flexibility index (Phi) is 9.24. The lowest BCUT2D eigenvalue weighted by Crippen LogP contribution is -2.05. The fourth-order valence-corrected chi connectivity index (χ4v) is 9.36. The van der Waals surface area contributed by atoms with Crippen LogP contribution in [0.15, 0.2) is 182 Å². The predicted molar refractivity (Wildman–Crippen MR) is 258 cm³/mol. The maximum Gasteiger partial charge on any atom is 0.104 e. The van der Waals surface area contributed by atoms with Crippen molar-refractivity contribution in [2.45, 2.75) is 0 Å². The van der Waals surface area contributed by atoms with Crippen LogP contribution >= 0.6 is 0 Å². The van der Waals surface area contributed by atoms with Crippen molar-refractivity contribution in [3.63, 3.8) is 0 Å². The lowest BCUT2D eigenvalue weighted by Gasteiger charge is -2.19. The lowest BCUT2D eigenvalue weighted by atomic mass is 9.96. The molecule has 0 aliphatic rings. The third-order valence-electron chi connectivity index (χ3n) is 12.3. The third-order valence-corrected chi connectivity index (χ3v) is 12.3. The van der Waals surface area contributed by atoms with E-state index in [-0.39, 0.29) is 0 Å². The molecule has 0 aliphatic heterocycles. The van der Waals surface area contributed by atoms with Gasteiger partial charge in [-0.1, -0.05) is 97.1 Å². The van der Waals surface area contributed by atoms with Gasteiger partial charge in [-0.15, -0.1) is 0 Å². The molecule has 0 N–H and O–H groups in total. The SMILES string of the molecule is N#Cc1cc(C#N)cc(-c2ccc3c4ccccc4n(-c4cc(-c5cccnc5-c5ccccc5)cc(-n5c6ccccc6c6ccc(-c7cc(C#N)cc(C#N)c7)cc65)c4C#N)c3c2)c1. The summed E-state index contributed by atoms with van der Waals surface area (Å²) < 4.78 is 4.29. The smallest absolute Gasteiger partial charge is 0.104 e. The second-order valence-corrected chi connectivity index (χ2v) is 16.0. The molecule has 0 saturated heterocycles. The Balaban J connectivity index is 1.27. The van der Waals surface area contributed by atoms with Crippen molar-refractivity contribution in [2.24, 2.45) is 0 Å². The van der Waals surface area contributed by atoms with Gasteiger partial charge < -0.3 is 9.13 Å². The Labute approximate surface area is 378 Å². The van der Waals surface area contributed by atoms with E-state index in [4.69, 9.17) is 4.98 Å². The molecule has 8 nitrogen and oxygen atoms in total. The normalized spacial score (nSPS) is 11.0. The minimum Gasteiger partial charge on any atom is -0.308 e. The first kappa shape index (κ1) is 38.9. The van der Waals surface area contributed by atoms with Crippen molar-refractivity contribution in [3.05, 3.63) is 210 Å². The van der Waals surface area contributed by atoms with E-state index in [0.29, 0.717) is 39.2 Å². The number of nitrogens with zero attached hydrogens (tertiary/aromatic N) is 8. The highest BCUT2D eigenvalue weighted by molar-refractivity contribution is 6.12. The zero-order valence-corrected chi connectivity index (χ0v) is 34.9. The van der Waals surface area contributed by atoms with E-state index >= 15 is 0 Å². The van der Waals surface area contributed by atoms with Crippen LogP contribution in [0.4, 0.5) is 0 Å². The quantitative estimate of drug-likeness (QED) is 0.163. The van der Waals surface area contributed by atoms with Crippen molar-refractivity contribution >= 4 is 43.6 Å². The monoisotopic (exact) mass is 838 g/mol. The fraction of sp³-hybridized carbons (Fsp3) is 0. The van der Waals surface area contributed by atoms with Crippen molar-refractivity contribution in [1.82, 2.24) is 14.1 Å². The summed E-state index contributed by atoms with van der Waals surface area (Å²) >= 11 is 0. The van der Waals surface area contributed by atoms with Crippen LogP contribution in [0.3, 0.4) is 0 Å². The zero-order valence-electron chi connectivity index (χ0n) is 34.9. The summed E-state index contributed by atoms with van der Waals surface area (Å²) in [5.41, 5.74) is 13.2. The molecule has 66 heavy (non-hydrogen) atoms. The van der Waals surface area contributed by atoms with E-state index in [1.807, 2.05) is 72.8 Å². The summed E-state index contributed by atoms with van der Waals surface area (Å²) in [7, 11) is 0. The zero-order chi connectivity index (χ0) is 44.9. The second-order valence-electron chi connectivity index (χ2n) is 16.0. The predicted octanol–water partition coefficient (Wildman–Crippen LogP) is 13.3. The summed E-state index contributed by atoms with van der Waals surface area (Å²) in [5.74, 6) is 0. The Morgan fingerprint density at radius 2 is 0.788 bits per heavy atom. The van der Waals surface area contributed by atoms with Crippen LogP contribution in [0.5, 0.6) is 0 Å². The van der Waals surface area contributed by atoms with Crippen LogP contribution < -0.4 is 0 Å². The fourth-order valence-electron chi connectivity index (χ4n) is 9.36. The molecule has 3 aromatic heterocycles. The highest BCUT2D eigenvalue weighted by Crippen LogP contribution is 2.43. The van der Waals surface area contributed by atoms with Gasteiger partial charge in [-0.25, -0.2) is 0 Å². The van der Waals surface area contributed by atoms with Gasteiger partial charge in [0.2, 0.25) is 0 Å². The minimum atomic E-state index is 0.386. The van der Waals surface area contributed by atoms with E-state index in [1.54, 1.807) is 42.6 Å². The second kappa shape index (κ2) is 15.7. The number of benzene rings is 8. The summed E-state index contributed by atoms with van der Waals surface area (Å²) in [5, 5.41) is 55.1. The average molecular weight is 839 g/mol. The molecule has 0 radical (unpaired) electrons. The molecule has 11 aromatic rings. The molecular weight excluding hydrogens is 809 g/mol. The van der Waals surface area contributed by atoms with Crippen molar-refractivity contribution in [2.75, 3.05) is 0 Å². The average Bonchev–Trinajstić information content (AvgIpc) is 3.90. The molecule has 0 fully saturated rings. The first-order valence-corrected chi connectivity index (χ1v) is 21.1. The standard InChI is InChI=1S/C58H30N8/c59-31-36-21-37(32-60)24-43(23-36)41-16-18-49-47-11-4-6-14-52(47)65(54(49)27-41)56-29-45(46-13-8-20-64-58(46)40-9-2-1-3-10-40)30-57(51(56)35-63)66-53-15-7-5-12-48(53)50-19-17-42(28-55(50)66)44-25-38(33-61)22-39(26-44)34-62/h1-30H. The van der Waals surface area contributed by atoms with E-state index in [9.17, 15) is 26.3 Å². The van der Waals surface area contributed by atoms with E-state index in [1.165, 1.54) is 0 Å². The van der Waals surface area contributed by atoms with Gasteiger partial charge in [-0.05, 0) is 107 Å². The number of rotatable bonds is 6. The van der Waals surface area contributed by atoms with E-state index < -0.39 is 0 Å². The third kappa shape index (κ3) is 6.30. The molecule has 0 amide bonds. The van der Waals surface area contributed by atoms with Crippen molar-refractivity contribution in [3.8, 4) is 86.4 Å². The molecule has 0 saturated carbocycles. The number of nitriles is 5. The Hall–Kier alpha value is -10.0. The molecule has 0 atom stereocenters. The molecule has 3 heterocycles. The molecular formula is C58H30N8. The molecule has 0 unspecified atom stereocenters. The number of aromatic nitrogens is 3. The summed E-state index contributed by atoms with van der Waals surface area (Å²) in [6.07, 6.45) is 1.79. The van der Waals surface area contributed by atoms with Gasteiger partial charge in [0.25, 0.3) is 0 Å². The molecule has 0 spiro atoms. The van der Waals surface area contributed by atoms with Crippen LogP contribution in [0.1, 0.15) is 27.8 Å². The lowest BCUT2D eigenvalue weighted by molar-refractivity contribution is 1.12. The van der Waals surface area contributed by atoms with Crippen molar-refractivity contribution < 1.29 is 0 Å². The molecule has 8 heteroatoms. The topological polar surface area (TPSA) is 142 Å². The van der Waals surface area contributed by atoms with Gasteiger partial charge in [-0.2, -0.15) is 26.3 Å². The van der Waals surface area contributed by atoms with Crippen LogP contribution in [0.25, 0.3) is 99.6 Å². The number of pyridine rings is 1. The van der Waals surface area contributed by atoms with Gasteiger partial charge in [0.15, 0.2) is 0 Å². The molecule has 0 bridgehead atoms. The van der Waals surface area contributed by atoms with Gasteiger partial charge in [-0.3, -0.25) is 4.98 Å². The highest BCUT2D eigenvalue weighted by Gasteiger charge is 2.24.